The first-order valence-corrected chi connectivity index (χ1v) is 8.11. The van der Waals surface area contributed by atoms with Crippen molar-refractivity contribution in [3.05, 3.63) is 65.7 Å². The van der Waals surface area contributed by atoms with Crippen molar-refractivity contribution in [1.29, 1.82) is 0 Å². The lowest BCUT2D eigenvalue weighted by Gasteiger charge is -2.23. The zero-order chi connectivity index (χ0) is 16.5. The van der Waals surface area contributed by atoms with Crippen molar-refractivity contribution in [2.75, 3.05) is 24.5 Å². The smallest absolute Gasteiger partial charge is 0.251 e. The van der Waals surface area contributed by atoms with Crippen LogP contribution in [-0.2, 0) is 6.54 Å². The Morgan fingerprint density at radius 3 is 2.39 bits per heavy atom. The Bertz CT molecular complexity index is 596. The van der Waals surface area contributed by atoms with E-state index in [4.69, 9.17) is 5.73 Å². The van der Waals surface area contributed by atoms with Gasteiger partial charge in [-0.3, -0.25) is 4.79 Å². The highest BCUT2D eigenvalue weighted by Crippen LogP contribution is 2.12. The van der Waals surface area contributed by atoms with Gasteiger partial charge in [-0.05, 0) is 43.2 Å². The van der Waals surface area contributed by atoms with E-state index in [-0.39, 0.29) is 5.91 Å². The van der Waals surface area contributed by atoms with Crippen LogP contribution in [0.25, 0.3) is 0 Å². The van der Waals surface area contributed by atoms with Crippen molar-refractivity contribution >= 4 is 11.6 Å². The molecule has 2 aromatic carbocycles. The molecular weight excluding hydrogens is 286 g/mol. The molecule has 23 heavy (non-hydrogen) atoms. The highest BCUT2D eigenvalue weighted by molar-refractivity contribution is 5.94. The van der Waals surface area contributed by atoms with Gasteiger partial charge in [-0.25, -0.2) is 0 Å². The third kappa shape index (κ3) is 5.11. The number of carbonyl (C=O) groups is 1. The van der Waals surface area contributed by atoms with E-state index in [9.17, 15) is 4.79 Å². The maximum atomic E-state index is 12.1. The summed E-state index contributed by atoms with van der Waals surface area (Å²) < 4.78 is 0. The maximum absolute atomic E-state index is 12.1. The number of hydrogen-bond acceptors (Lipinski definition) is 3. The van der Waals surface area contributed by atoms with E-state index in [0.29, 0.717) is 18.7 Å². The number of benzene rings is 2. The number of anilines is 1. The molecule has 0 aliphatic heterocycles. The van der Waals surface area contributed by atoms with Crippen molar-refractivity contribution < 1.29 is 4.79 Å². The molecule has 0 spiro atoms. The van der Waals surface area contributed by atoms with Crippen LogP contribution in [0, 0.1) is 0 Å². The topological polar surface area (TPSA) is 58.4 Å². The molecule has 0 radical (unpaired) electrons. The molecule has 0 atom stereocenters. The molecule has 0 bridgehead atoms. The Morgan fingerprint density at radius 1 is 1.09 bits per heavy atom. The van der Waals surface area contributed by atoms with Crippen molar-refractivity contribution in [3.63, 3.8) is 0 Å². The molecule has 4 nitrogen and oxygen atoms in total. The number of hydrogen-bond donors (Lipinski definition) is 2. The molecule has 3 N–H and O–H groups in total. The number of carbonyl (C=O) groups excluding carboxylic acids is 1. The van der Waals surface area contributed by atoms with Gasteiger partial charge in [0.15, 0.2) is 0 Å². The summed E-state index contributed by atoms with van der Waals surface area (Å²) in [6.07, 6.45) is 0.912. The van der Waals surface area contributed by atoms with Crippen LogP contribution in [-0.4, -0.2) is 25.5 Å². The zero-order valence-corrected chi connectivity index (χ0v) is 13.7. The highest BCUT2D eigenvalue weighted by Gasteiger charge is 2.06. The summed E-state index contributed by atoms with van der Waals surface area (Å²) in [7, 11) is 0. The van der Waals surface area contributed by atoms with Gasteiger partial charge in [0.05, 0.1) is 0 Å². The summed E-state index contributed by atoms with van der Waals surface area (Å²) >= 11 is 0. The van der Waals surface area contributed by atoms with Gasteiger partial charge in [-0.15, -0.1) is 0 Å². The number of nitrogens with zero attached hydrogens (tertiary/aromatic N) is 1. The van der Waals surface area contributed by atoms with Gasteiger partial charge in [-0.2, -0.15) is 0 Å². The van der Waals surface area contributed by atoms with Gasteiger partial charge in [-0.1, -0.05) is 30.3 Å². The number of para-hydroxylation sites is 1. The SMILES string of the molecule is CCN(CCCNC(=O)c1ccc(CN)cc1)c1ccccc1. The van der Waals surface area contributed by atoms with Crippen LogP contribution in [0.1, 0.15) is 29.3 Å². The second-order valence-electron chi connectivity index (χ2n) is 5.43. The van der Waals surface area contributed by atoms with Crippen LogP contribution >= 0.6 is 0 Å². The lowest BCUT2D eigenvalue weighted by atomic mass is 10.1. The third-order valence-corrected chi connectivity index (χ3v) is 3.85. The fraction of sp³-hybridized carbons (Fsp3) is 0.316. The van der Waals surface area contributed by atoms with Gasteiger partial charge in [0.2, 0.25) is 0 Å². The van der Waals surface area contributed by atoms with Crippen LogP contribution in [0.15, 0.2) is 54.6 Å². The standard InChI is InChI=1S/C19H25N3O/c1-2-22(18-7-4-3-5-8-18)14-6-13-21-19(23)17-11-9-16(15-20)10-12-17/h3-5,7-12H,2,6,13-15,20H2,1H3,(H,21,23). The number of amides is 1. The summed E-state index contributed by atoms with van der Waals surface area (Å²) in [4.78, 5) is 14.4. The molecule has 4 heteroatoms. The van der Waals surface area contributed by atoms with E-state index in [0.717, 1.165) is 25.1 Å². The van der Waals surface area contributed by atoms with E-state index in [1.807, 2.05) is 42.5 Å². The average Bonchev–Trinajstić information content (AvgIpc) is 2.62. The van der Waals surface area contributed by atoms with E-state index >= 15 is 0 Å². The van der Waals surface area contributed by atoms with Crippen molar-refractivity contribution in [2.24, 2.45) is 5.73 Å². The summed E-state index contributed by atoms with van der Waals surface area (Å²) in [5.74, 6) is -0.0312. The van der Waals surface area contributed by atoms with E-state index in [2.05, 4.69) is 29.3 Å². The molecule has 2 aromatic rings. The van der Waals surface area contributed by atoms with E-state index in [1.165, 1.54) is 5.69 Å². The van der Waals surface area contributed by atoms with Gasteiger partial charge in [0.25, 0.3) is 5.91 Å². The van der Waals surface area contributed by atoms with E-state index < -0.39 is 0 Å². The molecule has 0 saturated heterocycles. The summed E-state index contributed by atoms with van der Waals surface area (Å²) in [6, 6.07) is 17.8. The van der Waals surface area contributed by atoms with Gasteiger partial charge in [0.1, 0.15) is 0 Å². The highest BCUT2D eigenvalue weighted by atomic mass is 16.1. The molecule has 122 valence electrons. The molecule has 0 aliphatic rings. The Kier molecular flexibility index (Phi) is 6.63. The van der Waals surface area contributed by atoms with Crippen LogP contribution in [0.3, 0.4) is 0 Å². The fourth-order valence-electron chi connectivity index (χ4n) is 2.47. The molecule has 0 unspecified atom stereocenters. The minimum Gasteiger partial charge on any atom is -0.372 e. The van der Waals surface area contributed by atoms with Crippen molar-refractivity contribution in [3.8, 4) is 0 Å². The summed E-state index contributed by atoms with van der Waals surface area (Å²) in [5, 5.41) is 2.97. The molecule has 0 aliphatic carbocycles. The zero-order valence-electron chi connectivity index (χ0n) is 13.7. The lowest BCUT2D eigenvalue weighted by Crippen LogP contribution is -2.29. The Labute approximate surface area is 138 Å². The Balaban J connectivity index is 1.76. The van der Waals surface area contributed by atoms with Crippen LogP contribution in [0.2, 0.25) is 0 Å². The van der Waals surface area contributed by atoms with Gasteiger partial charge < -0.3 is 16.0 Å². The number of rotatable bonds is 8. The largest absolute Gasteiger partial charge is 0.372 e. The Hall–Kier alpha value is -2.33. The number of nitrogens with one attached hydrogen (secondary N) is 1. The summed E-state index contributed by atoms with van der Waals surface area (Å²) in [6.45, 7) is 5.19. The first-order chi connectivity index (χ1) is 11.2. The lowest BCUT2D eigenvalue weighted by molar-refractivity contribution is 0.0953. The van der Waals surface area contributed by atoms with Crippen LogP contribution in [0.4, 0.5) is 5.69 Å². The third-order valence-electron chi connectivity index (χ3n) is 3.85. The Morgan fingerprint density at radius 2 is 1.78 bits per heavy atom. The van der Waals surface area contributed by atoms with Crippen LogP contribution < -0.4 is 16.0 Å². The quantitative estimate of drug-likeness (QED) is 0.737. The average molecular weight is 311 g/mol. The normalized spacial score (nSPS) is 10.3. The first-order valence-electron chi connectivity index (χ1n) is 8.11. The monoisotopic (exact) mass is 311 g/mol. The first kappa shape index (κ1) is 17.0. The second-order valence-corrected chi connectivity index (χ2v) is 5.43. The van der Waals surface area contributed by atoms with Crippen LogP contribution in [0.5, 0.6) is 0 Å². The van der Waals surface area contributed by atoms with Crippen molar-refractivity contribution in [1.82, 2.24) is 5.32 Å². The molecule has 1 amide bonds. The predicted octanol–water partition coefficient (Wildman–Crippen LogP) is 2.79. The fourth-order valence-corrected chi connectivity index (χ4v) is 2.47. The summed E-state index contributed by atoms with van der Waals surface area (Å²) in [5.41, 5.74) is 8.49. The molecule has 0 heterocycles. The molecule has 2 rings (SSSR count). The van der Waals surface area contributed by atoms with E-state index in [1.54, 1.807) is 0 Å². The molecule has 0 fully saturated rings. The van der Waals surface area contributed by atoms with Crippen molar-refractivity contribution in [2.45, 2.75) is 19.9 Å². The van der Waals surface area contributed by atoms with Gasteiger partial charge >= 0.3 is 0 Å². The minimum absolute atomic E-state index is 0.0312. The molecular formula is C19H25N3O. The maximum Gasteiger partial charge on any atom is 0.251 e. The van der Waals surface area contributed by atoms with Gasteiger partial charge in [0, 0.05) is 37.4 Å². The molecule has 0 aromatic heterocycles. The number of nitrogens with two attached hydrogens (primary N) is 1. The molecule has 0 saturated carbocycles. The predicted molar refractivity (Wildman–Crippen MR) is 95.6 cm³/mol. The minimum atomic E-state index is -0.0312. The second kappa shape index (κ2) is 8.96.